The van der Waals surface area contributed by atoms with E-state index in [9.17, 15) is 15.0 Å². The van der Waals surface area contributed by atoms with Gasteiger partial charge in [0.1, 0.15) is 23.0 Å². The molecule has 26 heavy (non-hydrogen) atoms. The molecular formula is C15H15Na2O8S+. The average molecular weight is 401 g/mol. The van der Waals surface area contributed by atoms with Crippen LogP contribution in [-0.2, 0) is 11.4 Å². The van der Waals surface area contributed by atoms with Crippen LogP contribution in [0.2, 0.25) is 0 Å². The zero-order chi connectivity index (χ0) is 18.3. The minimum absolute atomic E-state index is 0. The van der Waals surface area contributed by atoms with Crippen molar-refractivity contribution in [1.29, 1.82) is 0 Å². The summed E-state index contributed by atoms with van der Waals surface area (Å²) in [5, 5.41) is 19.7. The van der Waals surface area contributed by atoms with Crippen molar-refractivity contribution >= 4 is 17.1 Å². The molecule has 0 aromatic heterocycles. The van der Waals surface area contributed by atoms with Gasteiger partial charge in [-0.15, -0.1) is 0 Å². The summed E-state index contributed by atoms with van der Waals surface area (Å²) in [7, 11) is 2.93. The monoisotopic (exact) mass is 401 g/mol. The predicted octanol–water partition coefficient (Wildman–Crippen LogP) is -4.31. The van der Waals surface area contributed by atoms with Crippen LogP contribution in [0, 0.1) is 0 Å². The number of carbonyl (C=O) groups excluding carboxylic acids is 1. The van der Waals surface area contributed by atoms with Gasteiger partial charge < -0.3 is 28.8 Å². The normalized spacial score (nSPS) is 10.2. The molecule has 0 spiro atoms. The number of hydrogen-bond donors (Lipinski definition) is 3. The third-order valence-electron chi connectivity index (χ3n) is 2.90. The maximum absolute atomic E-state index is 12.3. The van der Waals surface area contributed by atoms with Gasteiger partial charge in [0.15, 0.2) is 5.78 Å². The first-order chi connectivity index (χ1) is 11.3. The van der Waals surface area contributed by atoms with Crippen LogP contribution in [0.3, 0.4) is 0 Å². The Kier molecular flexibility index (Phi) is 14.4. The molecule has 0 fully saturated rings. The van der Waals surface area contributed by atoms with E-state index < -0.39 is 17.1 Å². The summed E-state index contributed by atoms with van der Waals surface area (Å²) in [4.78, 5) is 12.3. The molecular weight excluding hydrogens is 386 g/mol. The molecule has 130 valence electrons. The Morgan fingerprint density at radius 1 is 0.923 bits per heavy atom. The largest absolute Gasteiger partial charge is 1.00 e. The smallest absolute Gasteiger partial charge is 0.750 e. The fraction of sp³-hybridized carbons (Fsp3) is 0.133. The van der Waals surface area contributed by atoms with E-state index in [0.717, 1.165) is 0 Å². The van der Waals surface area contributed by atoms with E-state index in [1.165, 1.54) is 38.5 Å². The van der Waals surface area contributed by atoms with Gasteiger partial charge in [0.05, 0.1) is 36.7 Å². The molecule has 0 radical (unpaired) electrons. The molecule has 0 saturated carbocycles. The van der Waals surface area contributed by atoms with Crippen LogP contribution in [-0.4, -0.2) is 43.5 Å². The number of rotatable bonds is 4. The summed E-state index contributed by atoms with van der Waals surface area (Å²) in [6, 6.07) is 8.70. The van der Waals surface area contributed by atoms with Crippen molar-refractivity contribution in [2.45, 2.75) is 0 Å². The molecule has 0 bridgehead atoms. The van der Waals surface area contributed by atoms with Crippen LogP contribution in [0.25, 0.3) is 0 Å². The molecule has 11 heteroatoms. The maximum Gasteiger partial charge on any atom is 1.00 e. The fourth-order valence-corrected chi connectivity index (χ4v) is 1.81. The molecule has 0 aliphatic rings. The standard InChI is InChI=1S/C15H14O5.2Na.H2O3S/c1-19-9-3-5-11(13(16)7-9)15(18)12-6-4-10(20-2)8-14(12)17;;;1-4(2)3/h3-8,16-17H,1-2H3;;;(H2,1,2,3)/q;2*+1;/p-1. The number of benzene rings is 2. The van der Waals surface area contributed by atoms with Crippen LogP contribution in [0.4, 0.5) is 0 Å². The van der Waals surface area contributed by atoms with Crippen LogP contribution >= 0.6 is 0 Å². The van der Waals surface area contributed by atoms with Gasteiger partial charge in [-0.2, -0.15) is 0 Å². The summed E-state index contributed by atoms with van der Waals surface area (Å²) in [5.74, 6) is -0.00421. The topological polar surface area (TPSA) is 136 Å². The predicted molar refractivity (Wildman–Crippen MR) is 84.3 cm³/mol. The number of carbonyl (C=O) groups is 1. The number of hydrogen-bond acceptors (Lipinski definition) is 7. The minimum Gasteiger partial charge on any atom is -0.750 e. The van der Waals surface area contributed by atoms with Crippen LogP contribution in [0.15, 0.2) is 36.4 Å². The second-order valence-electron chi connectivity index (χ2n) is 4.31. The van der Waals surface area contributed by atoms with Gasteiger partial charge in [0.25, 0.3) is 0 Å². The first-order valence-corrected chi connectivity index (χ1v) is 7.40. The second kappa shape index (κ2) is 13.5. The van der Waals surface area contributed by atoms with E-state index in [1.54, 1.807) is 12.1 Å². The Labute approximate surface area is 197 Å². The Hall–Kier alpha value is -0.620. The molecule has 0 heterocycles. The molecule has 0 amide bonds. The van der Waals surface area contributed by atoms with Crippen molar-refractivity contribution in [2.24, 2.45) is 0 Å². The van der Waals surface area contributed by atoms with Gasteiger partial charge in [-0.1, -0.05) is 0 Å². The third-order valence-corrected chi connectivity index (χ3v) is 2.90. The zero-order valence-electron chi connectivity index (χ0n) is 14.8. The summed E-state index contributed by atoms with van der Waals surface area (Å²) in [5.41, 5.74) is 0.178. The number of phenolic OH excluding ortho intramolecular Hbond substituents is 2. The van der Waals surface area contributed by atoms with Gasteiger partial charge in [-0.05, 0) is 24.3 Å². The second-order valence-corrected chi connectivity index (χ2v) is 4.75. The summed E-state index contributed by atoms with van der Waals surface area (Å²) in [6.45, 7) is 0. The quantitative estimate of drug-likeness (QED) is 0.266. The molecule has 1 unspecified atom stereocenters. The first kappa shape index (κ1) is 27.6. The van der Waals surface area contributed by atoms with Crippen LogP contribution in [0.5, 0.6) is 23.0 Å². The molecule has 1 atom stereocenters. The van der Waals surface area contributed by atoms with Crippen LogP contribution in [0.1, 0.15) is 15.9 Å². The molecule has 8 nitrogen and oxygen atoms in total. The first-order valence-electron chi connectivity index (χ1n) is 6.37. The van der Waals surface area contributed by atoms with Gasteiger partial charge >= 0.3 is 59.1 Å². The number of methoxy groups -OCH3 is 2. The van der Waals surface area contributed by atoms with Crippen molar-refractivity contribution < 1.29 is 96.9 Å². The number of ketones is 1. The van der Waals surface area contributed by atoms with Crippen molar-refractivity contribution in [3.05, 3.63) is 47.5 Å². The van der Waals surface area contributed by atoms with E-state index in [0.29, 0.717) is 11.5 Å². The van der Waals surface area contributed by atoms with E-state index in [4.69, 9.17) is 22.8 Å². The third kappa shape index (κ3) is 8.38. The van der Waals surface area contributed by atoms with Crippen molar-refractivity contribution in [3.63, 3.8) is 0 Å². The molecule has 0 aliphatic heterocycles. The summed E-state index contributed by atoms with van der Waals surface area (Å²) >= 11 is -2.86. The maximum atomic E-state index is 12.3. The molecule has 0 aliphatic carbocycles. The summed E-state index contributed by atoms with van der Waals surface area (Å²) in [6.07, 6.45) is 0. The van der Waals surface area contributed by atoms with E-state index in [-0.39, 0.29) is 81.7 Å². The molecule has 3 N–H and O–H groups in total. The molecule has 2 aromatic carbocycles. The van der Waals surface area contributed by atoms with Crippen molar-refractivity contribution in [3.8, 4) is 23.0 Å². The van der Waals surface area contributed by atoms with Crippen LogP contribution < -0.4 is 68.6 Å². The minimum atomic E-state index is -2.86. The number of phenols is 2. The Morgan fingerprint density at radius 2 is 1.23 bits per heavy atom. The number of ether oxygens (including phenoxy) is 2. The Bertz CT molecular complexity index is 695. The molecule has 0 saturated heterocycles. The SMILES string of the molecule is COc1ccc(C(=O)c2ccc(OC)cc2O)c(O)c1.O=S([O-])O.[Na+].[Na+]. The zero-order valence-corrected chi connectivity index (χ0v) is 19.6. The van der Waals surface area contributed by atoms with Gasteiger partial charge in [-0.3, -0.25) is 4.79 Å². The Morgan fingerprint density at radius 3 is 1.46 bits per heavy atom. The van der Waals surface area contributed by atoms with Crippen molar-refractivity contribution in [2.75, 3.05) is 14.2 Å². The van der Waals surface area contributed by atoms with E-state index in [2.05, 4.69) is 0 Å². The number of aromatic hydroxyl groups is 2. The van der Waals surface area contributed by atoms with Gasteiger partial charge in [-0.25, -0.2) is 4.21 Å². The van der Waals surface area contributed by atoms with E-state index in [1.807, 2.05) is 0 Å². The van der Waals surface area contributed by atoms with Crippen molar-refractivity contribution in [1.82, 2.24) is 0 Å². The van der Waals surface area contributed by atoms with Gasteiger partial charge in [0.2, 0.25) is 0 Å². The van der Waals surface area contributed by atoms with E-state index >= 15 is 0 Å². The fourth-order valence-electron chi connectivity index (χ4n) is 1.81. The van der Waals surface area contributed by atoms with Gasteiger partial charge in [0, 0.05) is 12.1 Å². The molecule has 2 rings (SSSR count). The summed E-state index contributed by atoms with van der Waals surface area (Å²) < 4.78 is 34.0. The molecule has 2 aromatic rings. The average Bonchev–Trinajstić information content (AvgIpc) is 2.53. The Balaban J connectivity index is 0.